The lowest BCUT2D eigenvalue weighted by molar-refractivity contribution is -0.113. The van der Waals surface area contributed by atoms with Gasteiger partial charge >= 0.3 is 0 Å². The van der Waals surface area contributed by atoms with E-state index in [0.717, 1.165) is 10.6 Å². The number of nitrogens with one attached hydrogen (secondary N) is 1. The molecule has 1 amide bonds. The van der Waals surface area contributed by atoms with Crippen molar-refractivity contribution in [2.75, 3.05) is 11.1 Å². The maximum absolute atomic E-state index is 12.1. The second kappa shape index (κ2) is 8.43. The van der Waals surface area contributed by atoms with Gasteiger partial charge in [-0.15, -0.1) is 10.2 Å². The van der Waals surface area contributed by atoms with E-state index in [1.54, 1.807) is 0 Å². The molecule has 7 nitrogen and oxygen atoms in total. The second-order valence-electron chi connectivity index (χ2n) is 5.75. The number of anilines is 1. The number of thioether (sulfide) groups is 1. The number of carbonyl (C=O) groups is 1. The highest BCUT2D eigenvalue weighted by Gasteiger charge is 2.12. The fourth-order valence-electron chi connectivity index (χ4n) is 2.28. The Morgan fingerprint density at radius 1 is 1.27 bits per heavy atom. The molecule has 0 unspecified atom stereocenters. The summed E-state index contributed by atoms with van der Waals surface area (Å²) < 4.78 is 1.95. The summed E-state index contributed by atoms with van der Waals surface area (Å²) in [7, 11) is 0. The molecular weight excluding hydrogens is 370 g/mol. The first kappa shape index (κ1) is 18.6. The summed E-state index contributed by atoms with van der Waals surface area (Å²) in [4.78, 5) is 16.5. The molecule has 9 heteroatoms. The number of aryl methyl sites for hydroxylation is 2. The number of aliphatic hydroxyl groups excluding tert-OH is 1. The molecule has 26 heavy (non-hydrogen) atoms. The van der Waals surface area contributed by atoms with Crippen molar-refractivity contribution in [3.05, 3.63) is 52.3 Å². The first-order valence-electron chi connectivity index (χ1n) is 7.98. The maximum atomic E-state index is 12.1. The van der Waals surface area contributed by atoms with E-state index in [1.165, 1.54) is 28.7 Å². The van der Waals surface area contributed by atoms with Gasteiger partial charge in [0.1, 0.15) is 5.01 Å². The van der Waals surface area contributed by atoms with Gasteiger partial charge in [0.15, 0.2) is 5.16 Å². The third-order valence-electron chi connectivity index (χ3n) is 3.53. The normalized spacial score (nSPS) is 10.9. The van der Waals surface area contributed by atoms with E-state index in [1.807, 2.05) is 24.6 Å². The molecule has 2 N–H and O–H groups in total. The standard InChI is InChI=1S/C17H19N5O2S2/c1-11-3-5-13(6-4-11)7-22-8-14(9-23)18-17(22)25-10-15(24)19-16-21-20-12(2)26-16/h3-6,8,23H,7,9-10H2,1-2H3,(H,19,21,24). The topological polar surface area (TPSA) is 92.9 Å². The zero-order chi connectivity index (χ0) is 18.5. The summed E-state index contributed by atoms with van der Waals surface area (Å²) in [6, 6.07) is 8.24. The predicted molar refractivity (Wildman–Crippen MR) is 102 cm³/mol. The quantitative estimate of drug-likeness (QED) is 0.604. The molecule has 0 fully saturated rings. The molecule has 0 saturated carbocycles. The van der Waals surface area contributed by atoms with Gasteiger partial charge in [-0.25, -0.2) is 4.98 Å². The van der Waals surface area contributed by atoms with Gasteiger partial charge in [0.25, 0.3) is 0 Å². The highest BCUT2D eigenvalue weighted by Crippen LogP contribution is 2.21. The average Bonchev–Trinajstić information content (AvgIpc) is 3.21. The molecule has 0 aliphatic rings. The smallest absolute Gasteiger partial charge is 0.236 e. The number of aliphatic hydroxyl groups is 1. The number of benzene rings is 1. The lowest BCUT2D eigenvalue weighted by Gasteiger charge is -2.08. The summed E-state index contributed by atoms with van der Waals surface area (Å²) in [5.74, 6) is 0.0376. The van der Waals surface area contributed by atoms with Crippen LogP contribution in [-0.4, -0.2) is 36.5 Å². The predicted octanol–water partition coefficient (Wildman–Crippen LogP) is 2.62. The van der Waals surface area contributed by atoms with Crippen LogP contribution in [0.5, 0.6) is 0 Å². The molecule has 3 aromatic rings. The molecule has 0 atom stereocenters. The minimum atomic E-state index is -0.165. The fourth-order valence-corrected chi connectivity index (χ4v) is 3.68. The molecule has 2 aromatic heterocycles. The number of imidazole rings is 1. The SMILES string of the molecule is Cc1ccc(Cn2cc(CO)nc2SCC(=O)Nc2nnc(C)s2)cc1. The first-order chi connectivity index (χ1) is 12.5. The Balaban J connectivity index is 1.65. The number of amides is 1. The Morgan fingerprint density at radius 2 is 2.04 bits per heavy atom. The van der Waals surface area contributed by atoms with Crippen LogP contribution in [-0.2, 0) is 17.9 Å². The number of aromatic nitrogens is 4. The molecule has 0 saturated heterocycles. The van der Waals surface area contributed by atoms with E-state index in [-0.39, 0.29) is 18.3 Å². The van der Waals surface area contributed by atoms with Crippen molar-refractivity contribution in [2.45, 2.75) is 32.2 Å². The number of carbonyl (C=O) groups excluding carboxylic acids is 1. The van der Waals surface area contributed by atoms with E-state index in [9.17, 15) is 9.90 Å². The van der Waals surface area contributed by atoms with Crippen molar-refractivity contribution in [2.24, 2.45) is 0 Å². The van der Waals surface area contributed by atoms with Crippen molar-refractivity contribution in [3.63, 3.8) is 0 Å². The number of hydrogen-bond acceptors (Lipinski definition) is 7. The lowest BCUT2D eigenvalue weighted by atomic mass is 10.1. The lowest BCUT2D eigenvalue weighted by Crippen LogP contribution is -2.14. The van der Waals surface area contributed by atoms with Crippen LogP contribution in [0.2, 0.25) is 0 Å². The fraction of sp³-hybridized carbons (Fsp3) is 0.294. The van der Waals surface area contributed by atoms with Gasteiger partial charge in [0.05, 0.1) is 18.1 Å². The van der Waals surface area contributed by atoms with Gasteiger partial charge in [0, 0.05) is 12.7 Å². The third kappa shape index (κ3) is 4.90. The molecule has 3 rings (SSSR count). The van der Waals surface area contributed by atoms with E-state index in [0.29, 0.717) is 22.5 Å². The molecule has 136 valence electrons. The summed E-state index contributed by atoms with van der Waals surface area (Å²) in [5, 5.41) is 21.8. The van der Waals surface area contributed by atoms with Crippen molar-refractivity contribution < 1.29 is 9.90 Å². The monoisotopic (exact) mass is 389 g/mol. The Hall–Kier alpha value is -2.23. The zero-order valence-corrected chi connectivity index (χ0v) is 16.1. The minimum absolute atomic E-state index is 0.134. The van der Waals surface area contributed by atoms with Crippen LogP contribution in [0.15, 0.2) is 35.6 Å². The summed E-state index contributed by atoms with van der Waals surface area (Å²) >= 11 is 2.66. The molecular formula is C17H19N5O2S2. The van der Waals surface area contributed by atoms with Crippen molar-refractivity contribution in [1.82, 2.24) is 19.7 Å². The highest BCUT2D eigenvalue weighted by atomic mass is 32.2. The van der Waals surface area contributed by atoms with Gasteiger partial charge in [0.2, 0.25) is 11.0 Å². The number of nitrogens with zero attached hydrogens (tertiary/aromatic N) is 4. The van der Waals surface area contributed by atoms with Crippen LogP contribution >= 0.6 is 23.1 Å². The Labute approximate surface area is 159 Å². The Bertz CT molecular complexity index is 889. The van der Waals surface area contributed by atoms with Gasteiger partial charge in [-0.2, -0.15) is 0 Å². The molecule has 0 bridgehead atoms. The minimum Gasteiger partial charge on any atom is -0.390 e. The Morgan fingerprint density at radius 3 is 2.69 bits per heavy atom. The molecule has 1 aromatic carbocycles. The van der Waals surface area contributed by atoms with Gasteiger partial charge in [-0.05, 0) is 19.4 Å². The highest BCUT2D eigenvalue weighted by molar-refractivity contribution is 7.99. The number of hydrogen-bond donors (Lipinski definition) is 2. The van der Waals surface area contributed by atoms with E-state index >= 15 is 0 Å². The molecule has 2 heterocycles. The molecule has 0 aliphatic heterocycles. The van der Waals surface area contributed by atoms with Crippen molar-refractivity contribution in [1.29, 1.82) is 0 Å². The van der Waals surface area contributed by atoms with Crippen LogP contribution < -0.4 is 5.32 Å². The van der Waals surface area contributed by atoms with Crippen LogP contribution in [0, 0.1) is 13.8 Å². The molecule has 0 aliphatic carbocycles. The maximum Gasteiger partial charge on any atom is 0.236 e. The van der Waals surface area contributed by atoms with Crippen molar-refractivity contribution in [3.8, 4) is 0 Å². The summed E-state index contributed by atoms with van der Waals surface area (Å²) in [5.41, 5.74) is 2.92. The largest absolute Gasteiger partial charge is 0.390 e. The van der Waals surface area contributed by atoms with Crippen LogP contribution in [0.3, 0.4) is 0 Å². The van der Waals surface area contributed by atoms with Gasteiger partial charge in [-0.3, -0.25) is 10.1 Å². The molecule has 0 spiro atoms. The number of rotatable bonds is 7. The van der Waals surface area contributed by atoms with Gasteiger partial charge in [-0.1, -0.05) is 52.9 Å². The van der Waals surface area contributed by atoms with Crippen LogP contribution in [0.1, 0.15) is 21.8 Å². The second-order valence-corrected chi connectivity index (χ2v) is 7.87. The zero-order valence-electron chi connectivity index (χ0n) is 14.5. The van der Waals surface area contributed by atoms with Crippen molar-refractivity contribution >= 4 is 34.1 Å². The van der Waals surface area contributed by atoms with E-state index < -0.39 is 0 Å². The van der Waals surface area contributed by atoms with Gasteiger partial charge < -0.3 is 9.67 Å². The summed E-state index contributed by atoms with van der Waals surface area (Å²) in [6.45, 7) is 4.38. The third-order valence-corrected chi connectivity index (χ3v) is 5.27. The summed E-state index contributed by atoms with van der Waals surface area (Å²) in [6.07, 6.45) is 1.81. The van der Waals surface area contributed by atoms with Crippen LogP contribution in [0.4, 0.5) is 5.13 Å². The average molecular weight is 390 g/mol. The first-order valence-corrected chi connectivity index (χ1v) is 9.79. The Kier molecular flexibility index (Phi) is 6.02. The molecule has 0 radical (unpaired) electrons. The van der Waals surface area contributed by atoms with E-state index in [2.05, 4.69) is 44.8 Å². The van der Waals surface area contributed by atoms with Crippen LogP contribution in [0.25, 0.3) is 0 Å². The van der Waals surface area contributed by atoms with E-state index in [4.69, 9.17) is 0 Å².